The quantitative estimate of drug-likeness (QED) is 0.281. The Kier molecular flexibility index (Phi) is 11.2. The zero-order valence-corrected chi connectivity index (χ0v) is 26.2. The molecule has 3 aromatic carbocycles. The summed E-state index contributed by atoms with van der Waals surface area (Å²) in [6.07, 6.45) is 0.724. The van der Waals surface area contributed by atoms with Gasteiger partial charge in [-0.2, -0.15) is 0 Å². The van der Waals surface area contributed by atoms with Crippen LogP contribution in [0.5, 0.6) is 11.5 Å². The van der Waals surface area contributed by atoms with Gasteiger partial charge in [0.25, 0.3) is 10.0 Å². The number of ether oxygens (including phenoxy) is 2. The predicted octanol–water partition coefficient (Wildman–Crippen LogP) is 4.99. The van der Waals surface area contributed by atoms with Crippen molar-refractivity contribution in [3.63, 3.8) is 0 Å². The number of nitrogens with one attached hydrogen (secondary N) is 1. The van der Waals surface area contributed by atoms with Crippen LogP contribution < -0.4 is 19.1 Å². The van der Waals surface area contributed by atoms with E-state index in [1.807, 2.05) is 38.1 Å². The standard InChI is InChI=1S/C30H36BrN3O6S/c1-6-21(2)32-30(36)22(3)33(19-23-12-14-24(31)15-13-23)29(35)20-34(41(37,38)26-10-8-7-9-11-26)25-16-17-27(39-4)28(18-25)40-5/h7-18,21-22H,6,19-20H2,1-5H3,(H,32,36)/t21-,22-/m1/s1. The van der Waals surface area contributed by atoms with E-state index < -0.39 is 28.5 Å². The molecule has 3 aromatic rings. The number of benzene rings is 3. The molecule has 0 bridgehead atoms. The molecule has 0 aliphatic carbocycles. The minimum atomic E-state index is -4.19. The number of carbonyl (C=O) groups is 2. The highest BCUT2D eigenvalue weighted by atomic mass is 79.9. The lowest BCUT2D eigenvalue weighted by atomic mass is 10.1. The fourth-order valence-corrected chi connectivity index (χ4v) is 5.75. The molecule has 0 radical (unpaired) electrons. The van der Waals surface area contributed by atoms with Gasteiger partial charge in [0.2, 0.25) is 11.8 Å². The third-order valence-corrected chi connectivity index (χ3v) is 9.02. The number of anilines is 1. The van der Waals surface area contributed by atoms with Gasteiger partial charge in [-0.25, -0.2) is 8.42 Å². The van der Waals surface area contributed by atoms with Crippen molar-refractivity contribution >= 4 is 43.5 Å². The lowest BCUT2D eigenvalue weighted by Crippen LogP contribution is -2.52. The number of halogens is 1. The number of rotatable bonds is 13. The normalized spacial score (nSPS) is 12.6. The molecule has 0 fully saturated rings. The van der Waals surface area contributed by atoms with Crippen LogP contribution in [0.15, 0.2) is 82.2 Å². The molecule has 3 rings (SSSR count). The number of nitrogens with zero attached hydrogens (tertiary/aromatic N) is 2. The molecule has 0 spiro atoms. The molecule has 1 N–H and O–H groups in total. The molecule has 2 amide bonds. The summed E-state index contributed by atoms with van der Waals surface area (Å²) in [5.74, 6) is -0.159. The summed E-state index contributed by atoms with van der Waals surface area (Å²) in [6.45, 7) is 5.03. The molecule has 0 aliphatic rings. The molecule has 9 nitrogen and oxygen atoms in total. The molecule has 41 heavy (non-hydrogen) atoms. The molecule has 0 aliphatic heterocycles. The van der Waals surface area contributed by atoms with Crippen molar-refractivity contribution < 1.29 is 27.5 Å². The maximum atomic E-state index is 14.0. The lowest BCUT2D eigenvalue weighted by Gasteiger charge is -2.32. The Hall–Kier alpha value is -3.57. The van der Waals surface area contributed by atoms with E-state index in [2.05, 4.69) is 21.2 Å². The number of hydrogen-bond acceptors (Lipinski definition) is 6. The van der Waals surface area contributed by atoms with Gasteiger partial charge in [0.05, 0.1) is 24.8 Å². The summed E-state index contributed by atoms with van der Waals surface area (Å²) in [5, 5.41) is 2.93. The maximum absolute atomic E-state index is 14.0. The number of amides is 2. The summed E-state index contributed by atoms with van der Waals surface area (Å²) < 4.78 is 40.5. The first-order valence-electron chi connectivity index (χ1n) is 13.2. The van der Waals surface area contributed by atoms with Crippen LogP contribution in [0.3, 0.4) is 0 Å². The van der Waals surface area contributed by atoms with E-state index >= 15 is 0 Å². The minimum Gasteiger partial charge on any atom is -0.493 e. The van der Waals surface area contributed by atoms with Crippen LogP contribution in [-0.4, -0.2) is 58.0 Å². The van der Waals surface area contributed by atoms with Gasteiger partial charge < -0.3 is 19.7 Å². The summed E-state index contributed by atoms with van der Waals surface area (Å²) in [5.41, 5.74) is 0.994. The largest absolute Gasteiger partial charge is 0.493 e. The van der Waals surface area contributed by atoms with Crippen molar-refractivity contribution in [3.8, 4) is 11.5 Å². The summed E-state index contributed by atoms with van der Waals surface area (Å²) >= 11 is 3.42. The molecular formula is C30H36BrN3O6S. The van der Waals surface area contributed by atoms with Gasteiger partial charge in [-0.3, -0.25) is 13.9 Å². The Morgan fingerprint density at radius 2 is 1.56 bits per heavy atom. The highest BCUT2D eigenvalue weighted by Crippen LogP contribution is 2.34. The minimum absolute atomic E-state index is 0.0182. The fraction of sp³-hybridized carbons (Fsp3) is 0.333. The first-order chi connectivity index (χ1) is 19.5. The molecule has 0 aromatic heterocycles. The predicted molar refractivity (Wildman–Crippen MR) is 163 cm³/mol. The Morgan fingerprint density at radius 1 is 0.927 bits per heavy atom. The second-order valence-corrected chi connectivity index (χ2v) is 12.3. The Balaban J connectivity index is 2.06. The molecule has 0 heterocycles. The molecule has 0 saturated carbocycles. The van der Waals surface area contributed by atoms with Gasteiger partial charge in [-0.1, -0.05) is 53.2 Å². The van der Waals surface area contributed by atoms with Crippen LogP contribution in [0.4, 0.5) is 5.69 Å². The van der Waals surface area contributed by atoms with Gasteiger partial charge in [-0.15, -0.1) is 0 Å². The van der Waals surface area contributed by atoms with Gasteiger partial charge in [0.1, 0.15) is 12.6 Å². The van der Waals surface area contributed by atoms with Crippen LogP contribution >= 0.6 is 15.9 Å². The molecule has 11 heteroatoms. The molecule has 0 unspecified atom stereocenters. The van der Waals surface area contributed by atoms with Crippen LogP contribution in [0.25, 0.3) is 0 Å². The average Bonchev–Trinajstić information content (AvgIpc) is 2.98. The lowest BCUT2D eigenvalue weighted by molar-refractivity contribution is -0.139. The molecule has 0 saturated heterocycles. The Labute approximate surface area is 250 Å². The zero-order chi connectivity index (χ0) is 30.2. The van der Waals surface area contributed by atoms with Crippen LogP contribution in [0.2, 0.25) is 0 Å². The van der Waals surface area contributed by atoms with E-state index in [4.69, 9.17) is 9.47 Å². The SMILES string of the molecule is CC[C@@H](C)NC(=O)[C@@H](C)N(Cc1ccc(Br)cc1)C(=O)CN(c1ccc(OC)c(OC)c1)S(=O)(=O)c1ccccc1. The van der Waals surface area contributed by atoms with Gasteiger partial charge in [-0.05, 0) is 62.2 Å². The highest BCUT2D eigenvalue weighted by molar-refractivity contribution is 9.10. The fourth-order valence-electron chi connectivity index (χ4n) is 4.06. The van der Waals surface area contributed by atoms with Crippen molar-refractivity contribution in [1.82, 2.24) is 10.2 Å². The number of sulfonamides is 1. The third-order valence-electron chi connectivity index (χ3n) is 6.70. The number of carbonyl (C=O) groups excluding carboxylic acids is 2. The van der Waals surface area contributed by atoms with E-state index in [9.17, 15) is 18.0 Å². The van der Waals surface area contributed by atoms with Gasteiger partial charge >= 0.3 is 0 Å². The average molecular weight is 647 g/mol. The van der Waals surface area contributed by atoms with Crippen LogP contribution in [0.1, 0.15) is 32.8 Å². The second kappa shape index (κ2) is 14.4. The number of methoxy groups -OCH3 is 2. The van der Waals surface area contributed by atoms with Crippen molar-refractivity contribution in [2.24, 2.45) is 0 Å². The molecule has 220 valence electrons. The highest BCUT2D eigenvalue weighted by Gasteiger charge is 2.33. The van der Waals surface area contributed by atoms with E-state index in [1.54, 1.807) is 37.3 Å². The molecular weight excluding hydrogens is 610 g/mol. The van der Waals surface area contributed by atoms with Crippen LogP contribution in [0, 0.1) is 0 Å². The Morgan fingerprint density at radius 3 is 2.15 bits per heavy atom. The van der Waals surface area contributed by atoms with Gasteiger partial charge in [0.15, 0.2) is 11.5 Å². The smallest absolute Gasteiger partial charge is 0.264 e. The summed E-state index contributed by atoms with van der Waals surface area (Å²) in [7, 11) is -1.27. The van der Waals surface area contributed by atoms with E-state index in [-0.39, 0.29) is 29.1 Å². The maximum Gasteiger partial charge on any atom is 0.264 e. The van der Waals surface area contributed by atoms with Crippen LogP contribution in [-0.2, 0) is 26.2 Å². The first-order valence-corrected chi connectivity index (χ1v) is 15.4. The van der Waals surface area contributed by atoms with E-state index in [0.29, 0.717) is 11.5 Å². The summed E-state index contributed by atoms with van der Waals surface area (Å²) in [6, 6.07) is 18.9. The third kappa shape index (κ3) is 8.01. The summed E-state index contributed by atoms with van der Waals surface area (Å²) in [4.78, 5) is 28.6. The topological polar surface area (TPSA) is 105 Å². The van der Waals surface area contributed by atoms with Crippen molar-refractivity contribution in [3.05, 3.63) is 82.8 Å². The number of hydrogen-bond donors (Lipinski definition) is 1. The first kappa shape index (κ1) is 32.0. The van der Waals surface area contributed by atoms with E-state index in [0.717, 1.165) is 20.8 Å². The monoisotopic (exact) mass is 645 g/mol. The van der Waals surface area contributed by atoms with Crippen molar-refractivity contribution in [2.45, 2.75) is 50.7 Å². The zero-order valence-electron chi connectivity index (χ0n) is 23.8. The van der Waals surface area contributed by atoms with Gasteiger partial charge in [0, 0.05) is 23.1 Å². The Bertz CT molecular complexity index is 1430. The molecule has 2 atom stereocenters. The van der Waals surface area contributed by atoms with Crippen molar-refractivity contribution in [2.75, 3.05) is 25.1 Å². The van der Waals surface area contributed by atoms with Crippen molar-refractivity contribution in [1.29, 1.82) is 0 Å². The van der Waals surface area contributed by atoms with E-state index in [1.165, 1.54) is 37.3 Å². The second-order valence-electron chi connectivity index (χ2n) is 9.51.